The van der Waals surface area contributed by atoms with Crippen molar-refractivity contribution in [3.63, 3.8) is 0 Å². The van der Waals surface area contributed by atoms with Crippen LogP contribution in [0.3, 0.4) is 0 Å². The number of nitrogens with one attached hydrogen (secondary N) is 2. The summed E-state index contributed by atoms with van der Waals surface area (Å²) in [6.07, 6.45) is -4.10. The number of amides is 1. The van der Waals surface area contributed by atoms with Gasteiger partial charge >= 0.3 is 12.1 Å². The Kier molecular flexibility index (Phi) is 10.1. The van der Waals surface area contributed by atoms with Crippen molar-refractivity contribution in [2.75, 3.05) is 18.5 Å². The summed E-state index contributed by atoms with van der Waals surface area (Å²) in [5.74, 6) is -3.14. The van der Waals surface area contributed by atoms with E-state index in [0.717, 1.165) is 18.6 Å². The van der Waals surface area contributed by atoms with Crippen LogP contribution in [-0.4, -0.2) is 36.2 Å². The maximum absolute atomic E-state index is 14.8. The van der Waals surface area contributed by atoms with Gasteiger partial charge in [0.1, 0.15) is 24.0 Å². The van der Waals surface area contributed by atoms with Gasteiger partial charge in [0.05, 0.1) is 18.0 Å². The predicted octanol–water partition coefficient (Wildman–Crippen LogP) is 6.76. The quantitative estimate of drug-likeness (QED) is 0.212. The van der Waals surface area contributed by atoms with Gasteiger partial charge in [0.2, 0.25) is 0 Å². The first-order valence-electron chi connectivity index (χ1n) is 12.5. The molecule has 0 aliphatic carbocycles. The number of benzene rings is 3. The van der Waals surface area contributed by atoms with E-state index in [4.69, 9.17) is 9.84 Å². The van der Waals surface area contributed by atoms with E-state index in [-0.39, 0.29) is 48.4 Å². The van der Waals surface area contributed by atoms with Crippen LogP contribution in [0.1, 0.15) is 42.6 Å². The van der Waals surface area contributed by atoms with E-state index in [1.807, 2.05) is 13.8 Å². The lowest BCUT2D eigenvalue weighted by molar-refractivity contribution is -0.138. The molecule has 0 spiro atoms. The summed E-state index contributed by atoms with van der Waals surface area (Å²) in [4.78, 5) is 22.7. The topological polar surface area (TPSA) is 87.7 Å². The summed E-state index contributed by atoms with van der Waals surface area (Å²) in [6, 6.07) is 12.0. The van der Waals surface area contributed by atoms with Crippen molar-refractivity contribution >= 4 is 17.6 Å². The summed E-state index contributed by atoms with van der Waals surface area (Å²) < 4.78 is 73.4. The third kappa shape index (κ3) is 8.17. The van der Waals surface area contributed by atoms with Gasteiger partial charge in [-0.3, -0.25) is 9.59 Å². The maximum Gasteiger partial charge on any atom is 0.416 e. The zero-order valence-corrected chi connectivity index (χ0v) is 21.8. The van der Waals surface area contributed by atoms with Crippen LogP contribution in [0, 0.1) is 17.6 Å². The summed E-state index contributed by atoms with van der Waals surface area (Å²) in [5.41, 5.74) is -0.577. The van der Waals surface area contributed by atoms with E-state index in [9.17, 15) is 31.5 Å². The molecule has 2 unspecified atom stereocenters. The van der Waals surface area contributed by atoms with Crippen LogP contribution < -0.4 is 15.4 Å². The van der Waals surface area contributed by atoms with Gasteiger partial charge < -0.3 is 20.5 Å². The molecule has 0 aliphatic heterocycles. The van der Waals surface area contributed by atoms with E-state index in [0.29, 0.717) is 23.4 Å². The van der Waals surface area contributed by atoms with Gasteiger partial charge in [0.15, 0.2) is 0 Å². The first-order valence-corrected chi connectivity index (χ1v) is 12.5. The molecule has 0 bridgehead atoms. The first-order chi connectivity index (χ1) is 18.9. The Morgan fingerprint density at radius 3 is 2.12 bits per heavy atom. The molecule has 6 nitrogen and oxygen atoms in total. The van der Waals surface area contributed by atoms with Gasteiger partial charge in [-0.1, -0.05) is 26.3 Å². The minimum atomic E-state index is -4.71. The first kappa shape index (κ1) is 30.4. The number of anilines is 1. The van der Waals surface area contributed by atoms with Crippen molar-refractivity contribution in [2.45, 2.75) is 38.9 Å². The van der Waals surface area contributed by atoms with Crippen LogP contribution in [0.4, 0.5) is 27.6 Å². The minimum Gasteiger partial charge on any atom is -0.491 e. The van der Waals surface area contributed by atoms with E-state index in [1.165, 1.54) is 12.1 Å². The highest BCUT2D eigenvalue weighted by Crippen LogP contribution is 2.34. The predicted molar refractivity (Wildman–Crippen MR) is 140 cm³/mol. The number of hydrogen-bond acceptors (Lipinski definition) is 4. The monoisotopic (exact) mass is 564 g/mol. The second-order valence-electron chi connectivity index (χ2n) is 9.26. The van der Waals surface area contributed by atoms with E-state index < -0.39 is 35.3 Å². The number of alkyl halides is 3. The van der Waals surface area contributed by atoms with Crippen LogP contribution in [0.2, 0.25) is 0 Å². The molecule has 0 radical (unpaired) electrons. The summed E-state index contributed by atoms with van der Waals surface area (Å²) in [7, 11) is 0. The molecule has 1 amide bonds. The number of ether oxygens (including phenoxy) is 1. The number of rotatable bonds is 12. The van der Waals surface area contributed by atoms with Gasteiger partial charge in [-0.25, -0.2) is 8.78 Å². The fraction of sp³-hybridized carbons (Fsp3) is 0.310. The SMILES string of the molecule is CCC(C)C(COc1ccc(-c2ccc(C(F)(F)F)cc2F)c(F)c1)Nc1ccc(C(=O)NCCC(=O)O)cc1. The van der Waals surface area contributed by atoms with Gasteiger partial charge in [-0.05, 0) is 54.4 Å². The average Bonchev–Trinajstić information content (AvgIpc) is 2.90. The molecule has 0 heterocycles. The Morgan fingerprint density at radius 1 is 0.950 bits per heavy atom. The highest BCUT2D eigenvalue weighted by molar-refractivity contribution is 5.94. The molecule has 3 aromatic carbocycles. The van der Waals surface area contributed by atoms with Crippen molar-refractivity contribution < 1.29 is 41.4 Å². The molecule has 214 valence electrons. The largest absolute Gasteiger partial charge is 0.491 e. The fourth-order valence-corrected chi connectivity index (χ4v) is 3.85. The summed E-state index contributed by atoms with van der Waals surface area (Å²) in [6.45, 7) is 4.15. The minimum absolute atomic E-state index is 0.0163. The smallest absolute Gasteiger partial charge is 0.416 e. The number of carbonyl (C=O) groups excluding carboxylic acids is 1. The van der Waals surface area contributed by atoms with Crippen LogP contribution in [-0.2, 0) is 11.0 Å². The standard InChI is InChI=1S/C29H29F5N2O4/c1-3-17(2)26(36-20-7-4-18(5-8-20)28(39)35-13-12-27(37)38)16-40-21-9-11-23(25(31)15-21)22-10-6-19(14-24(22)30)29(32,33)34/h4-11,14-15,17,26,36H,3,12-13,16H2,1-2H3,(H,35,39)(H,37,38). The second-order valence-corrected chi connectivity index (χ2v) is 9.26. The molecule has 3 rings (SSSR count). The Balaban J connectivity index is 1.66. The Labute approximate surface area is 228 Å². The molecular weight excluding hydrogens is 535 g/mol. The number of carboxylic acid groups (broad SMARTS) is 1. The lowest BCUT2D eigenvalue weighted by Crippen LogP contribution is -2.33. The zero-order chi connectivity index (χ0) is 29.4. The van der Waals surface area contributed by atoms with E-state index >= 15 is 0 Å². The van der Waals surface area contributed by atoms with Gasteiger partial charge in [0.25, 0.3) is 5.91 Å². The van der Waals surface area contributed by atoms with E-state index in [1.54, 1.807) is 24.3 Å². The average molecular weight is 565 g/mol. The number of aliphatic carboxylic acids is 1. The van der Waals surface area contributed by atoms with Crippen molar-refractivity contribution in [3.8, 4) is 16.9 Å². The molecule has 0 fully saturated rings. The molecular formula is C29H29F5N2O4. The highest BCUT2D eigenvalue weighted by atomic mass is 19.4. The van der Waals surface area contributed by atoms with Crippen LogP contribution in [0.25, 0.3) is 11.1 Å². The molecule has 0 saturated carbocycles. The zero-order valence-electron chi connectivity index (χ0n) is 21.8. The number of halogens is 5. The number of carboxylic acids is 1. The molecule has 0 saturated heterocycles. The van der Waals surface area contributed by atoms with Gasteiger partial charge in [0, 0.05) is 35.0 Å². The summed E-state index contributed by atoms with van der Waals surface area (Å²) >= 11 is 0. The number of hydrogen-bond donors (Lipinski definition) is 3. The number of carbonyl (C=O) groups is 2. The highest BCUT2D eigenvalue weighted by Gasteiger charge is 2.31. The van der Waals surface area contributed by atoms with Crippen molar-refractivity contribution in [1.29, 1.82) is 0 Å². The Hall–Kier alpha value is -4.15. The molecule has 3 aromatic rings. The van der Waals surface area contributed by atoms with E-state index in [2.05, 4.69) is 10.6 Å². The molecule has 0 aliphatic rings. The summed E-state index contributed by atoms with van der Waals surface area (Å²) in [5, 5.41) is 14.5. The second kappa shape index (κ2) is 13.3. The van der Waals surface area contributed by atoms with Crippen LogP contribution in [0.15, 0.2) is 60.7 Å². The molecule has 2 atom stereocenters. The lowest BCUT2D eigenvalue weighted by Gasteiger charge is -2.26. The van der Waals surface area contributed by atoms with Gasteiger partial charge in [-0.15, -0.1) is 0 Å². The fourth-order valence-electron chi connectivity index (χ4n) is 3.85. The van der Waals surface area contributed by atoms with Gasteiger partial charge in [-0.2, -0.15) is 13.2 Å². The van der Waals surface area contributed by atoms with Crippen LogP contribution in [0.5, 0.6) is 5.75 Å². The third-order valence-electron chi connectivity index (χ3n) is 6.41. The lowest BCUT2D eigenvalue weighted by atomic mass is 9.99. The van der Waals surface area contributed by atoms with Crippen molar-refractivity contribution in [3.05, 3.63) is 83.4 Å². The molecule has 11 heteroatoms. The normalized spacial score (nSPS) is 12.9. The molecule has 0 aromatic heterocycles. The van der Waals surface area contributed by atoms with Crippen LogP contribution >= 0.6 is 0 Å². The maximum atomic E-state index is 14.8. The molecule has 3 N–H and O–H groups in total. The Bertz CT molecular complexity index is 1330. The molecule has 40 heavy (non-hydrogen) atoms. The van der Waals surface area contributed by atoms with Crippen molar-refractivity contribution in [2.24, 2.45) is 5.92 Å². The Morgan fingerprint density at radius 2 is 1.57 bits per heavy atom. The third-order valence-corrected chi connectivity index (χ3v) is 6.41. The van der Waals surface area contributed by atoms with Crippen molar-refractivity contribution in [1.82, 2.24) is 5.32 Å².